The van der Waals surface area contributed by atoms with E-state index in [1.54, 1.807) is 0 Å². The maximum absolute atomic E-state index is 10.2. The van der Waals surface area contributed by atoms with Crippen molar-refractivity contribution in [3.8, 4) is 0 Å². The summed E-state index contributed by atoms with van der Waals surface area (Å²) in [5.41, 5.74) is 2.97. The molecule has 1 aromatic rings. The lowest BCUT2D eigenvalue weighted by Crippen LogP contribution is -2.50. The minimum atomic E-state index is -0.431. The normalized spacial score (nSPS) is 27.1. The van der Waals surface area contributed by atoms with Gasteiger partial charge in [0.1, 0.15) is 0 Å². The highest BCUT2D eigenvalue weighted by molar-refractivity contribution is 6.32. The molecule has 0 aliphatic carbocycles. The van der Waals surface area contributed by atoms with Crippen LogP contribution >= 0.6 is 11.6 Å². The topological polar surface area (TPSA) is 32.3 Å². The van der Waals surface area contributed by atoms with Crippen molar-refractivity contribution in [1.82, 2.24) is 0 Å². The quantitative estimate of drug-likeness (QED) is 0.728. The van der Waals surface area contributed by atoms with Crippen molar-refractivity contribution in [2.75, 3.05) is 5.32 Å². The molecular weight excluding hydrogens is 222 g/mol. The average Bonchev–Trinajstić information content (AvgIpc) is 2.20. The van der Waals surface area contributed by atoms with Crippen molar-refractivity contribution in [3.05, 3.63) is 28.3 Å². The lowest BCUT2D eigenvalue weighted by atomic mass is 9.78. The molecule has 0 radical (unpaired) electrons. The first-order valence-corrected chi connectivity index (χ1v) is 5.97. The van der Waals surface area contributed by atoms with Crippen LogP contribution in [-0.4, -0.2) is 16.7 Å². The smallest absolute Gasteiger partial charge is 0.0831 e. The third kappa shape index (κ3) is 1.61. The third-order valence-electron chi connectivity index (χ3n) is 3.52. The molecule has 0 saturated heterocycles. The molecule has 16 heavy (non-hydrogen) atoms. The molecule has 0 unspecified atom stereocenters. The number of hydrogen-bond donors (Lipinski definition) is 2. The van der Waals surface area contributed by atoms with E-state index in [0.717, 1.165) is 16.3 Å². The fraction of sp³-hybridized carbons (Fsp3) is 0.538. The van der Waals surface area contributed by atoms with E-state index < -0.39 is 6.10 Å². The van der Waals surface area contributed by atoms with Gasteiger partial charge in [0.05, 0.1) is 11.6 Å². The fourth-order valence-corrected chi connectivity index (χ4v) is 2.82. The fourth-order valence-electron chi connectivity index (χ4n) is 2.49. The molecule has 1 aliphatic rings. The molecule has 1 heterocycles. The van der Waals surface area contributed by atoms with E-state index in [-0.39, 0.29) is 11.5 Å². The van der Waals surface area contributed by atoms with Crippen LogP contribution in [-0.2, 0) is 0 Å². The monoisotopic (exact) mass is 239 g/mol. The van der Waals surface area contributed by atoms with Crippen molar-refractivity contribution < 1.29 is 5.11 Å². The zero-order chi connectivity index (χ0) is 12.1. The van der Waals surface area contributed by atoms with E-state index >= 15 is 0 Å². The predicted molar refractivity (Wildman–Crippen MR) is 68.3 cm³/mol. The van der Waals surface area contributed by atoms with Crippen molar-refractivity contribution in [2.24, 2.45) is 0 Å². The molecule has 0 fully saturated rings. The van der Waals surface area contributed by atoms with E-state index in [1.165, 1.54) is 5.56 Å². The molecule has 3 heteroatoms. The number of rotatable bonds is 0. The zero-order valence-electron chi connectivity index (χ0n) is 10.1. The number of anilines is 1. The maximum Gasteiger partial charge on any atom is 0.0831 e. The summed E-state index contributed by atoms with van der Waals surface area (Å²) in [4.78, 5) is 0. The Morgan fingerprint density at radius 2 is 2.00 bits per heavy atom. The van der Waals surface area contributed by atoms with E-state index in [4.69, 9.17) is 11.6 Å². The van der Waals surface area contributed by atoms with Gasteiger partial charge < -0.3 is 10.4 Å². The van der Waals surface area contributed by atoms with Gasteiger partial charge in [-0.05, 0) is 38.0 Å². The van der Waals surface area contributed by atoms with Crippen LogP contribution in [0.2, 0.25) is 5.02 Å². The zero-order valence-corrected chi connectivity index (χ0v) is 10.9. The predicted octanol–water partition coefficient (Wildman–Crippen LogP) is 3.32. The summed E-state index contributed by atoms with van der Waals surface area (Å²) in [6, 6.07) is 3.91. The molecule has 2 N–H and O–H groups in total. The number of aliphatic hydroxyl groups excluding tert-OH is 1. The number of fused-ring (bicyclic) bond motifs is 1. The number of halogens is 1. The molecule has 88 valence electrons. The number of aryl methyl sites for hydroxylation is 1. The Bertz CT molecular complexity index is 428. The summed E-state index contributed by atoms with van der Waals surface area (Å²) in [7, 11) is 0. The standard InChI is InChI=1S/C13H18ClNO/c1-7-5-6-9(14)10-8(2)12(16)13(3,4)15-11(7)10/h5-6,8,12,15-16H,1-4H3/t8-,12+/m1/s1. The Kier molecular flexibility index (Phi) is 2.67. The van der Waals surface area contributed by atoms with Gasteiger partial charge in [0.25, 0.3) is 0 Å². The molecular formula is C13H18ClNO. The third-order valence-corrected chi connectivity index (χ3v) is 3.85. The summed E-state index contributed by atoms with van der Waals surface area (Å²) < 4.78 is 0. The van der Waals surface area contributed by atoms with Crippen LogP contribution in [0.4, 0.5) is 5.69 Å². The lowest BCUT2D eigenvalue weighted by Gasteiger charge is -2.43. The van der Waals surface area contributed by atoms with Gasteiger partial charge in [-0.1, -0.05) is 24.6 Å². The summed E-state index contributed by atoms with van der Waals surface area (Å²) in [6.07, 6.45) is -0.431. The van der Waals surface area contributed by atoms with Crippen LogP contribution in [0.3, 0.4) is 0 Å². The van der Waals surface area contributed by atoms with E-state index in [2.05, 4.69) is 12.2 Å². The highest BCUT2D eigenvalue weighted by atomic mass is 35.5. The number of benzene rings is 1. The summed E-state index contributed by atoms with van der Waals surface area (Å²) >= 11 is 6.22. The number of hydrogen-bond acceptors (Lipinski definition) is 2. The second-order valence-electron chi connectivity index (χ2n) is 5.23. The highest BCUT2D eigenvalue weighted by Gasteiger charge is 2.39. The van der Waals surface area contributed by atoms with Crippen molar-refractivity contribution in [3.63, 3.8) is 0 Å². The highest BCUT2D eigenvalue weighted by Crippen LogP contribution is 2.43. The van der Waals surface area contributed by atoms with Crippen molar-refractivity contribution in [2.45, 2.75) is 45.3 Å². The number of aliphatic hydroxyl groups is 1. The summed E-state index contributed by atoms with van der Waals surface area (Å²) in [6.45, 7) is 8.11. The van der Waals surface area contributed by atoms with Crippen LogP contribution < -0.4 is 5.32 Å². The Hall–Kier alpha value is -0.730. The molecule has 0 spiro atoms. The largest absolute Gasteiger partial charge is 0.390 e. The van der Waals surface area contributed by atoms with Gasteiger partial charge in [0.15, 0.2) is 0 Å². The lowest BCUT2D eigenvalue weighted by molar-refractivity contribution is 0.0869. The Balaban J connectivity index is 2.63. The summed E-state index contributed by atoms with van der Waals surface area (Å²) in [5, 5.41) is 14.4. The van der Waals surface area contributed by atoms with Gasteiger partial charge in [-0.2, -0.15) is 0 Å². The molecule has 0 amide bonds. The molecule has 0 saturated carbocycles. The molecule has 1 aliphatic heterocycles. The minimum absolute atomic E-state index is 0.0543. The molecule has 1 aromatic carbocycles. The van der Waals surface area contributed by atoms with Crippen LogP contribution in [0.25, 0.3) is 0 Å². The van der Waals surface area contributed by atoms with Gasteiger partial charge in [-0.15, -0.1) is 0 Å². The molecule has 0 bridgehead atoms. The molecule has 2 nitrogen and oxygen atoms in total. The van der Waals surface area contributed by atoms with E-state index in [9.17, 15) is 5.11 Å². The van der Waals surface area contributed by atoms with E-state index in [0.29, 0.717) is 0 Å². The van der Waals surface area contributed by atoms with Crippen LogP contribution in [0, 0.1) is 6.92 Å². The molecule has 2 atom stereocenters. The van der Waals surface area contributed by atoms with Gasteiger partial charge >= 0.3 is 0 Å². The second kappa shape index (κ2) is 3.64. The van der Waals surface area contributed by atoms with Gasteiger partial charge in [0, 0.05) is 16.6 Å². The van der Waals surface area contributed by atoms with Crippen LogP contribution in [0.15, 0.2) is 12.1 Å². The van der Waals surface area contributed by atoms with Gasteiger partial charge in [-0.25, -0.2) is 0 Å². The van der Waals surface area contributed by atoms with Gasteiger partial charge in [-0.3, -0.25) is 0 Å². The first-order valence-electron chi connectivity index (χ1n) is 5.60. The Morgan fingerprint density at radius 3 is 2.62 bits per heavy atom. The minimum Gasteiger partial charge on any atom is -0.390 e. The Labute approximate surface area is 102 Å². The second-order valence-corrected chi connectivity index (χ2v) is 5.64. The Morgan fingerprint density at radius 1 is 1.38 bits per heavy atom. The van der Waals surface area contributed by atoms with Crippen molar-refractivity contribution >= 4 is 17.3 Å². The van der Waals surface area contributed by atoms with Gasteiger partial charge in [0.2, 0.25) is 0 Å². The van der Waals surface area contributed by atoms with Crippen LogP contribution in [0.5, 0.6) is 0 Å². The first kappa shape index (κ1) is 11.7. The molecule has 2 rings (SSSR count). The SMILES string of the molecule is Cc1ccc(Cl)c2c1NC(C)(C)[C@@H](O)[C@@H]2C. The summed E-state index contributed by atoms with van der Waals surface area (Å²) in [5.74, 6) is 0.0543. The van der Waals surface area contributed by atoms with E-state index in [1.807, 2.05) is 32.9 Å². The first-order chi connectivity index (χ1) is 7.34. The molecule has 0 aromatic heterocycles. The average molecular weight is 240 g/mol. The maximum atomic E-state index is 10.2. The van der Waals surface area contributed by atoms with Crippen LogP contribution in [0.1, 0.15) is 37.8 Å². The van der Waals surface area contributed by atoms with Crippen molar-refractivity contribution in [1.29, 1.82) is 0 Å². The number of nitrogens with one attached hydrogen (secondary N) is 1.